The Hall–Kier alpha value is -2.28. The van der Waals surface area contributed by atoms with Crippen molar-refractivity contribution in [3.63, 3.8) is 0 Å². The van der Waals surface area contributed by atoms with Gasteiger partial charge in [-0.15, -0.1) is 0 Å². The van der Waals surface area contributed by atoms with Crippen LogP contribution in [0.1, 0.15) is 5.56 Å². The van der Waals surface area contributed by atoms with Gasteiger partial charge in [-0.1, -0.05) is 11.6 Å². The number of carbonyl (C=O) groups excluding carboxylic acids is 1. The second-order valence-corrected chi connectivity index (χ2v) is 3.35. The Morgan fingerprint density at radius 2 is 1.76 bits per heavy atom. The van der Waals surface area contributed by atoms with E-state index in [1.807, 2.05) is 0 Å². The average molecular weight is 257 g/mol. The molecule has 0 amide bonds. The fourth-order valence-electron chi connectivity index (χ4n) is 1.12. The minimum atomic E-state index is -0.871. The van der Waals surface area contributed by atoms with Gasteiger partial charge in [-0.3, -0.25) is 25.0 Å². The van der Waals surface area contributed by atoms with E-state index in [0.717, 1.165) is 12.1 Å². The van der Waals surface area contributed by atoms with Crippen molar-refractivity contribution in [1.82, 2.24) is 0 Å². The highest BCUT2D eigenvalue weighted by Gasteiger charge is 2.23. The Morgan fingerprint density at radius 1 is 1.18 bits per heavy atom. The molecule has 0 atom stereocenters. The number of allylic oxidation sites excluding steroid dienone is 1. The lowest BCUT2D eigenvalue weighted by Gasteiger charge is -1.97. The van der Waals surface area contributed by atoms with Gasteiger partial charge in [0.05, 0.1) is 14.9 Å². The summed E-state index contributed by atoms with van der Waals surface area (Å²) in [6, 6.07) is 3.22. The molecular weight excluding hydrogens is 252 g/mol. The van der Waals surface area contributed by atoms with Gasteiger partial charge in [0.1, 0.15) is 0 Å². The molecule has 0 saturated heterocycles. The Morgan fingerprint density at radius 3 is 2.24 bits per heavy atom. The molecule has 1 aromatic rings. The Bertz CT molecular complexity index is 526. The smallest absolute Gasteiger partial charge is 0.297 e. The molecule has 0 aliphatic rings. The molecule has 0 spiro atoms. The van der Waals surface area contributed by atoms with Crippen LogP contribution in [0.2, 0.25) is 0 Å². The number of hydrogen-bond donors (Lipinski definition) is 0. The van der Waals surface area contributed by atoms with Gasteiger partial charge < -0.3 is 0 Å². The molecule has 8 heteroatoms. The summed E-state index contributed by atoms with van der Waals surface area (Å²) in [7, 11) is 0. The van der Waals surface area contributed by atoms with E-state index in [1.165, 1.54) is 12.1 Å². The van der Waals surface area contributed by atoms with Crippen LogP contribution in [0.25, 0.3) is 6.08 Å². The minimum absolute atomic E-state index is 0.159. The van der Waals surface area contributed by atoms with Crippen LogP contribution in [-0.4, -0.2) is 16.1 Å². The van der Waals surface area contributed by atoms with E-state index in [0.29, 0.717) is 6.29 Å². The molecule has 1 rings (SSSR count). The van der Waals surface area contributed by atoms with Crippen molar-refractivity contribution < 1.29 is 14.6 Å². The summed E-state index contributed by atoms with van der Waals surface area (Å²) in [5.41, 5.74) is -1.03. The molecule has 1 aromatic carbocycles. The molecular formula is C9H5ClN2O5. The fraction of sp³-hybridized carbons (Fsp3) is 0. The first kappa shape index (κ1) is 12.8. The Kier molecular flexibility index (Phi) is 3.89. The first-order valence-corrected chi connectivity index (χ1v) is 4.58. The molecule has 0 aliphatic carbocycles. The van der Waals surface area contributed by atoms with E-state index < -0.39 is 21.2 Å². The SMILES string of the molecule is O=C/C(Cl)=C/c1ccc([N+](=O)[O-])c([N+](=O)[O-])c1. The quantitative estimate of drug-likeness (QED) is 0.356. The van der Waals surface area contributed by atoms with Gasteiger partial charge in [-0.25, -0.2) is 0 Å². The van der Waals surface area contributed by atoms with Crippen LogP contribution >= 0.6 is 11.6 Å². The van der Waals surface area contributed by atoms with E-state index in [1.54, 1.807) is 0 Å². The predicted molar refractivity (Wildman–Crippen MR) is 59.6 cm³/mol. The predicted octanol–water partition coefficient (Wildman–Crippen LogP) is 2.28. The molecule has 0 N–H and O–H groups in total. The summed E-state index contributed by atoms with van der Waals surface area (Å²) < 4.78 is 0. The van der Waals surface area contributed by atoms with E-state index in [9.17, 15) is 25.0 Å². The molecule has 88 valence electrons. The van der Waals surface area contributed by atoms with Gasteiger partial charge >= 0.3 is 11.4 Å². The van der Waals surface area contributed by atoms with Crippen molar-refractivity contribution in [3.05, 3.63) is 49.0 Å². The maximum absolute atomic E-state index is 10.6. The Balaban J connectivity index is 3.33. The van der Waals surface area contributed by atoms with Gasteiger partial charge in [0, 0.05) is 12.1 Å². The van der Waals surface area contributed by atoms with Crippen LogP contribution in [-0.2, 0) is 4.79 Å². The van der Waals surface area contributed by atoms with Gasteiger partial charge in [0.15, 0.2) is 6.29 Å². The summed E-state index contributed by atoms with van der Waals surface area (Å²) in [5, 5.41) is 21.0. The highest BCUT2D eigenvalue weighted by atomic mass is 35.5. The summed E-state index contributed by atoms with van der Waals surface area (Å²) in [4.78, 5) is 29.7. The Labute approximate surface area is 99.6 Å². The van der Waals surface area contributed by atoms with Crippen molar-refractivity contribution >= 4 is 35.3 Å². The van der Waals surface area contributed by atoms with E-state index in [2.05, 4.69) is 0 Å². The minimum Gasteiger partial charge on any atom is -0.297 e. The first-order chi connectivity index (χ1) is 7.95. The molecule has 0 aliphatic heterocycles. The molecule has 0 radical (unpaired) electrons. The zero-order chi connectivity index (χ0) is 13.0. The number of nitro benzene ring substituents is 2. The van der Waals surface area contributed by atoms with Crippen molar-refractivity contribution in [1.29, 1.82) is 0 Å². The zero-order valence-corrected chi connectivity index (χ0v) is 8.96. The van der Waals surface area contributed by atoms with Crippen LogP contribution in [0.15, 0.2) is 23.2 Å². The van der Waals surface area contributed by atoms with Crippen LogP contribution in [0, 0.1) is 20.2 Å². The maximum Gasteiger partial charge on any atom is 0.346 e. The first-order valence-electron chi connectivity index (χ1n) is 4.21. The second-order valence-electron chi connectivity index (χ2n) is 2.91. The molecule has 0 bridgehead atoms. The van der Waals surface area contributed by atoms with E-state index in [-0.39, 0.29) is 10.6 Å². The number of nitrogens with zero attached hydrogens (tertiary/aromatic N) is 2. The lowest BCUT2D eigenvalue weighted by Crippen LogP contribution is -1.96. The van der Waals surface area contributed by atoms with Gasteiger partial charge in [0.25, 0.3) is 0 Å². The van der Waals surface area contributed by atoms with E-state index in [4.69, 9.17) is 11.6 Å². The van der Waals surface area contributed by atoms with Crippen molar-refractivity contribution in [2.24, 2.45) is 0 Å². The molecule has 0 fully saturated rings. The lowest BCUT2D eigenvalue weighted by atomic mass is 10.1. The molecule has 17 heavy (non-hydrogen) atoms. The zero-order valence-electron chi connectivity index (χ0n) is 8.20. The molecule has 0 unspecified atom stereocenters. The van der Waals surface area contributed by atoms with Crippen LogP contribution in [0.5, 0.6) is 0 Å². The molecule has 0 aromatic heterocycles. The summed E-state index contributed by atoms with van der Waals surface area (Å²) in [6.45, 7) is 0. The number of nitro groups is 2. The van der Waals surface area contributed by atoms with E-state index >= 15 is 0 Å². The largest absolute Gasteiger partial charge is 0.346 e. The number of aldehydes is 1. The van der Waals surface area contributed by atoms with Crippen molar-refractivity contribution in [2.45, 2.75) is 0 Å². The fourth-order valence-corrected chi connectivity index (χ4v) is 1.25. The normalized spacial score (nSPS) is 11.0. The summed E-state index contributed by atoms with van der Waals surface area (Å²) in [5.74, 6) is 0. The number of halogens is 1. The summed E-state index contributed by atoms with van der Waals surface area (Å²) in [6.07, 6.45) is 1.53. The van der Waals surface area contributed by atoms with Crippen LogP contribution in [0.4, 0.5) is 11.4 Å². The third-order valence-electron chi connectivity index (χ3n) is 1.81. The van der Waals surface area contributed by atoms with Crippen LogP contribution < -0.4 is 0 Å². The van der Waals surface area contributed by atoms with Gasteiger partial charge in [0.2, 0.25) is 0 Å². The van der Waals surface area contributed by atoms with Gasteiger partial charge in [-0.05, 0) is 17.7 Å². The van der Waals surface area contributed by atoms with Crippen molar-refractivity contribution in [3.8, 4) is 0 Å². The monoisotopic (exact) mass is 256 g/mol. The van der Waals surface area contributed by atoms with Gasteiger partial charge in [-0.2, -0.15) is 0 Å². The number of carbonyl (C=O) groups is 1. The number of hydrogen-bond acceptors (Lipinski definition) is 5. The molecule has 7 nitrogen and oxygen atoms in total. The highest BCUT2D eigenvalue weighted by Crippen LogP contribution is 2.28. The second kappa shape index (κ2) is 5.17. The third-order valence-corrected chi connectivity index (χ3v) is 2.01. The number of rotatable bonds is 4. The third kappa shape index (κ3) is 3.08. The summed E-state index contributed by atoms with van der Waals surface area (Å²) >= 11 is 5.42. The number of benzene rings is 1. The topological polar surface area (TPSA) is 103 Å². The highest BCUT2D eigenvalue weighted by molar-refractivity contribution is 6.40. The maximum atomic E-state index is 10.6. The molecule has 0 heterocycles. The lowest BCUT2D eigenvalue weighted by molar-refractivity contribution is -0.422. The van der Waals surface area contributed by atoms with Crippen molar-refractivity contribution in [2.75, 3.05) is 0 Å². The standard InChI is InChI=1S/C9H5ClN2O5/c10-7(5-13)3-6-1-2-8(11(14)15)9(4-6)12(16)17/h1-5H/b7-3-. The molecule has 0 saturated carbocycles. The average Bonchev–Trinajstić information content (AvgIpc) is 2.28. The van der Waals surface area contributed by atoms with Crippen LogP contribution in [0.3, 0.4) is 0 Å².